The number of nitrogens with one attached hydrogen (secondary N) is 1. The summed E-state index contributed by atoms with van der Waals surface area (Å²) in [5.74, 6) is 1.08. The van der Waals surface area contributed by atoms with E-state index < -0.39 is 0 Å². The van der Waals surface area contributed by atoms with Crippen molar-refractivity contribution < 1.29 is 4.79 Å². The van der Waals surface area contributed by atoms with Gasteiger partial charge in [-0.15, -0.1) is 0 Å². The van der Waals surface area contributed by atoms with Crippen LogP contribution in [0.25, 0.3) is 0 Å². The highest BCUT2D eigenvalue weighted by Gasteiger charge is 2.25. The first kappa shape index (κ1) is 20.9. The lowest BCUT2D eigenvalue weighted by Crippen LogP contribution is -2.49. The number of rotatable bonds is 7. The molecule has 27 heavy (non-hydrogen) atoms. The van der Waals surface area contributed by atoms with Gasteiger partial charge in [0.15, 0.2) is 0 Å². The van der Waals surface area contributed by atoms with Gasteiger partial charge in [-0.1, -0.05) is 44.2 Å². The van der Waals surface area contributed by atoms with Crippen molar-refractivity contribution in [2.75, 3.05) is 25.5 Å². The molecule has 2 aromatic rings. The molecule has 0 spiro atoms. The van der Waals surface area contributed by atoms with E-state index in [1.165, 1.54) is 5.56 Å². The lowest BCUT2D eigenvalue weighted by molar-refractivity contribution is 0.221. The van der Waals surface area contributed by atoms with Gasteiger partial charge in [-0.3, -0.25) is 4.90 Å². The van der Waals surface area contributed by atoms with Gasteiger partial charge in [0, 0.05) is 38.9 Å². The van der Waals surface area contributed by atoms with Crippen LogP contribution in [0.15, 0.2) is 42.5 Å². The van der Waals surface area contributed by atoms with E-state index >= 15 is 0 Å². The van der Waals surface area contributed by atoms with Crippen molar-refractivity contribution in [3.05, 3.63) is 59.3 Å². The first-order valence-corrected chi connectivity index (χ1v) is 9.49. The van der Waals surface area contributed by atoms with Crippen molar-refractivity contribution in [3.63, 3.8) is 0 Å². The molecule has 0 bridgehead atoms. The molecule has 0 radical (unpaired) electrons. The van der Waals surface area contributed by atoms with Gasteiger partial charge in [0.25, 0.3) is 0 Å². The number of hydrogen-bond acceptors (Lipinski definition) is 3. The van der Waals surface area contributed by atoms with Crippen LogP contribution >= 0.6 is 0 Å². The van der Waals surface area contributed by atoms with Crippen LogP contribution in [-0.2, 0) is 6.54 Å². The summed E-state index contributed by atoms with van der Waals surface area (Å²) in [6.07, 6.45) is 0. The average Bonchev–Trinajstić information content (AvgIpc) is 2.61. The molecule has 0 saturated carbocycles. The van der Waals surface area contributed by atoms with Crippen LogP contribution in [0.1, 0.15) is 30.7 Å². The molecular weight excluding hydrogens is 336 g/mol. The van der Waals surface area contributed by atoms with Crippen molar-refractivity contribution in [1.29, 1.82) is 0 Å². The molecular formula is C22H32N4O. The van der Waals surface area contributed by atoms with Gasteiger partial charge in [0.1, 0.15) is 5.82 Å². The fourth-order valence-corrected chi connectivity index (χ4v) is 3.02. The van der Waals surface area contributed by atoms with Crippen molar-refractivity contribution in [2.24, 2.45) is 5.92 Å². The average molecular weight is 369 g/mol. The van der Waals surface area contributed by atoms with Crippen LogP contribution in [0.2, 0.25) is 0 Å². The summed E-state index contributed by atoms with van der Waals surface area (Å²) in [7, 11) is 3.56. The summed E-state index contributed by atoms with van der Waals surface area (Å²) in [6.45, 7) is 9.68. The minimum Gasteiger partial charge on any atom is -0.330 e. The van der Waals surface area contributed by atoms with Crippen molar-refractivity contribution in [2.45, 2.75) is 40.3 Å². The van der Waals surface area contributed by atoms with Gasteiger partial charge in [0.05, 0.1) is 0 Å². The molecule has 2 amide bonds. The predicted octanol–water partition coefficient (Wildman–Crippen LogP) is 4.00. The molecule has 0 aliphatic carbocycles. The van der Waals surface area contributed by atoms with Gasteiger partial charge in [-0.05, 0) is 43.0 Å². The number of nitrogens with zero attached hydrogens (tertiary/aromatic N) is 3. The number of carbonyl (C=O) groups excluding carboxylic acids is 1. The lowest BCUT2D eigenvalue weighted by Gasteiger charge is -2.32. The summed E-state index contributed by atoms with van der Waals surface area (Å²) in [4.78, 5) is 20.9. The van der Waals surface area contributed by atoms with Crippen molar-refractivity contribution in [1.82, 2.24) is 15.2 Å². The van der Waals surface area contributed by atoms with Crippen LogP contribution in [0.5, 0.6) is 0 Å². The first-order valence-electron chi connectivity index (χ1n) is 9.49. The van der Waals surface area contributed by atoms with Crippen LogP contribution in [0.3, 0.4) is 0 Å². The molecule has 2 rings (SSSR count). The predicted molar refractivity (Wildman–Crippen MR) is 112 cm³/mol. The Kier molecular flexibility index (Phi) is 7.36. The Hall–Kier alpha value is -2.40. The molecule has 1 N–H and O–H groups in total. The molecule has 0 aliphatic heterocycles. The monoisotopic (exact) mass is 368 g/mol. The number of benzene rings is 1. The topological polar surface area (TPSA) is 48.5 Å². The largest absolute Gasteiger partial charge is 0.330 e. The molecule has 1 aromatic heterocycles. The number of aryl methyl sites for hydroxylation is 2. The van der Waals surface area contributed by atoms with Crippen LogP contribution in [0, 0.1) is 19.8 Å². The Morgan fingerprint density at radius 1 is 1.11 bits per heavy atom. The van der Waals surface area contributed by atoms with Crippen molar-refractivity contribution >= 4 is 11.8 Å². The number of pyridine rings is 1. The SMILES string of the molecule is Cc1cc(C)nc(N(CC(NCc2ccccc2)C(C)C)C(=O)N(C)C)c1. The fourth-order valence-electron chi connectivity index (χ4n) is 3.02. The van der Waals surface area contributed by atoms with Crippen LogP contribution < -0.4 is 10.2 Å². The Bertz CT molecular complexity index is 723. The summed E-state index contributed by atoms with van der Waals surface area (Å²) >= 11 is 0. The molecule has 1 atom stereocenters. The van der Waals surface area contributed by atoms with E-state index in [1.807, 2.05) is 44.2 Å². The highest BCUT2D eigenvalue weighted by Crippen LogP contribution is 2.18. The maximum Gasteiger partial charge on any atom is 0.325 e. The summed E-state index contributed by atoms with van der Waals surface area (Å²) in [5.41, 5.74) is 3.26. The van der Waals surface area contributed by atoms with Gasteiger partial charge < -0.3 is 10.2 Å². The Morgan fingerprint density at radius 2 is 1.78 bits per heavy atom. The molecule has 1 aromatic carbocycles. The summed E-state index contributed by atoms with van der Waals surface area (Å²) in [5, 5.41) is 3.62. The molecule has 0 fully saturated rings. The van der Waals surface area contributed by atoms with Gasteiger partial charge in [0.2, 0.25) is 0 Å². The number of carbonyl (C=O) groups is 1. The second kappa shape index (κ2) is 9.51. The maximum atomic E-state index is 12.9. The van der Waals surface area contributed by atoms with E-state index in [1.54, 1.807) is 23.9 Å². The van der Waals surface area contributed by atoms with Crippen LogP contribution in [0.4, 0.5) is 10.6 Å². The Balaban J connectivity index is 2.23. The molecule has 0 aliphatic rings. The normalized spacial score (nSPS) is 12.1. The lowest BCUT2D eigenvalue weighted by atomic mass is 10.0. The minimum absolute atomic E-state index is 0.0559. The van der Waals surface area contributed by atoms with Gasteiger partial charge in [-0.2, -0.15) is 0 Å². The third-order valence-electron chi connectivity index (χ3n) is 4.57. The Labute approximate surface area is 163 Å². The van der Waals surface area contributed by atoms with Gasteiger partial charge >= 0.3 is 6.03 Å². The van der Waals surface area contributed by atoms with Crippen molar-refractivity contribution in [3.8, 4) is 0 Å². The first-order chi connectivity index (χ1) is 12.8. The third-order valence-corrected chi connectivity index (χ3v) is 4.57. The van der Waals surface area contributed by atoms with Gasteiger partial charge in [-0.25, -0.2) is 9.78 Å². The fraction of sp³-hybridized carbons (Fsp3) is 0.455. The number of hydrogen-bond donors (Lipinski definition) is 1. The molecule has 146 valence electrons. The quantitative estimate of drug-likeness (QED) is 0.803. The molecule has 5 nitrogen and oxygen atoms in total. The third kappa shape index (κ3) is 6.07. The van der Waals surface area contributed by atoms with E-state index in [-0.39, 0.29) is 12.1 Å². The zero-order chi connectivity index (χ0) is 20.0. The number of anilines is 1. The second-order valence-electron chi connectivity index (χ2n) is 7.65. The Morgan fingerprint density at radius 3 is 2.33 bits per heavy atom. The zero-order valence-corrected chi connectivity index (χ0v) is 17.4. The van der Waals surface area contributed by atoms with E-state index in [4.69, 9.17) is 0 Å². The zero-order valence-electron chi connectivity index (χ0n) is 17.4. The smallest absolute Gasteiger partial charge is 0.325 e. The highest BCUT2D eigenvalue weighted by molar-refractivity contribution is 5.90. The van der Waals surface area contributed by atoms with E-state index in [0.29, 0.717) is 18.3 Å². The standard InChI is InChI=1S/C22H32N4O/c1-16(2)20(23-14-19-10-8-7-9-11-19)15-26(22(27)25(5)6)21-13-17(3)12-18(4)24-21/h7-13,16,20,23H,14-15H2,1-6H3. The summed E-state index contributed by atoms with van der Waals surface area (Å²) in [6, 6.07) is 14.4. The minimum atomic E-state index is -0.0559. The maximum absolute atomic E-state index is 12.9. The second-order valence-corrected chi connectivity index (χ2v) is 7.65. The molecule has 5 heteroatoms. The highest BCUT2D eigenvalue weighted by atomic mass is 16.2. The molecule has 1 unspecified atom stereocenters. The van der Waals surface area contributed by atoms with E-state index in [0.717, 1.165) is 17.8 Å². The molecule has 0 saturated heterocycles. The number of aromatic nitrogens is 1. The molecule has 1 heterocycles. The van der Waals surface area contributed by atoms with E-state index in [2.05, 4.69) is 36.3 Å². The number of amides is 2. The number of urea groups is 1. The van der Waals surface area contributed by atoms with E-state index in [9.17, 15) is 4.79 Å². The summed E-state index contributed by atoms with van der Waals surface area (Å²) < 4.78 is 0. The van der Waals surface area contributed by atoms with Crippen LogP contribution in [-0.4, -0.2) is 42.6 Å².